The monoisotopic (exact) mass is 470 g/mol. The molecule has 7 heteroatoms. The summed E-state index contributed by atoms with van der Waals surface area (Å²) in [5.74, 6) is -1.91. The summed E-state index contributed by atoms with van der Waals surface area (Å²) in [5, 5.41) is 0. The van der Waals surface area contributed by atoms with Gasteiger partial charge < -0.3 is 9.30 Å². The number of imide groups is 1. The molecule has 0 bridgehead atoms. The SMILES string of the molecule is Cc1ccc(C)c(N2C(=O)c3ccc(C(=O)OCC(=O)c4cc(C)n(C5CC5)c4C)cc3C2=O)c1. The minimum atomic E-state index is -0.720. The van der Waals surface area contributed by atoms with Crippen LogP contribution in [0.3, 0.4) is 0 Å². The number of anilines is 1. The smallest absolute Gasteiger partial charge is 0.338 e. The maximum absolute atomic E-state index is 13.1. The number of Topliss-reactive ketones (excluding diaryl/α,β-unsaturated/α-hetero) is 1. The highest BCUT2D eigenvalue weighted by molar-refractivity contribution is 6.35. The Balaban J connectivity index is 1.33. The third-order valence-electron chi connectivity index (χ3n) is 6.76. The van der Waals surface area contributed by atoms with Crippen molar-refractivity contribution in [2.75, 3.05) is 11.5 Å². The summed E-state index contributed by atoms with van der Waals surface area (Å²) in [6.07, 6.45) is 2.22. The third-order valence-corrected chi connectivity index (χ3v) is 6.76. The highest BCUT2D eigenvalue weighted by Gasteiger charge is 2.38. The predicted octanol–water partition coefficient (Wildman–Crippen LogP) is 4.90. The van der Waals surface area contributed by atoms with Gasteiger partial charge in [0.1, 0.15) is 0 Å². The van der Waals surface area contributed by atoms with Crippen LogP contribution in [0.1, 0.15) is 82.8 Å². The molecule has 2 aromatic carbocycles. The summed E-state index contributed by atoms with van der Waals surface area (Å²) in [4.78, 5) is 52.7. The number of benzene rings is 2. The molecule has 1 aliphatic heterocycles. The number of esters is 1. The van der Waals surface area contributed by atoms with Gasteiger partial charge in [-0.2, -0.15) is 0 Å². The van der Waals surface area contributed by atoms with E-state index in [1.807, 2.05) is 45.9 Å². The molecule has 1 fully saturated rings. The zero-order valence-corrected chi connectivity index (χ0v) is 20.2. The molecular formula is C28H26N2O5. The topological polar surface area (TPSA) is 85.7 Å². The first kappa shape index (κ1) is 22.8. The van der Waals surface area contributed by atoms with Crippen LogP contribution < -0.4 is 4.90 Å². The fourth-order valence-electron chi connectivity index (χ4n) is 4.79. The van der Waals surface area contributed by atoms with E-state index in [0.717, 1.165) is 40.3 Å². The molecule has 0 atom stereocenters. The van der Waals surface area contributed by atoms with E-state index in [4.69, 9.17) is 4.74 Å². The summed E-state index contributed by atoms with van der Waals surface area (Å²) in [6, 6.07) is 12.1. The Hall–Kier alpha value is -4.00. The number of ether oxygens (including phenoxy) is 1. The molecule has 1 aromatic heterocycles. The molecule has 0 N–H and O–H groups in total. The van der Waals surface area contributed by atoms with Crippen LogP contribution in [0.5, 0.6) is 0 Å². The zero-order valence-electron chi connectivity index (χ0n) is 20.2. The van der Waals surface area contributed by atoms with Crippen LogP contribution in [0.25, 0.3) is 0 Å². The maximum Gasteiger partial charge on any atom is 0.338 e. The Labute approximate surface area is 203 Å². The molecule has 2 aliphatic rings. The van der Waals surface area contributed by atoms with Crippen LogP contribution >= 0.6 is 0 Å². The lowest BCUT2D eigenvalue weighted by Gasteiger charge is -2.17. The minimum absolute atomic E-state index is 0.115. The number of carbonyl (C=O) groups is 4. The van der Waals surface area contributed by atoms with Crippen molar-refractivity contribution in [3.05, 3.63) is 87.2 Å². The summed E-state index contributed by atoms with van der Waals surface area (Å²) in [5.41, 5.74) is 5.20. The average molecular weight is 471 g/mol. The Morgan fingerprint density at radius 3 is 2.34 bits per heavy atom. The first-order valence-electron chi connectivity index (χ1n) is 11.7. The molecular weight excluding hydrogens is 444 g/mol. The summed E-state index contributed by atoms with van der Waals surface area (Å²) in [7, 11) is 0. The van der Waals surface area contributed by atoms with Crippen molar-refractivity contribution in [3.8, 4) is 0 Å². The van der Waals surface area contributed by atoms with E-state index in [0.29, 0.717) is 17.3 Å². The Bertz CT molecular complexity index is 1430. The van der Waals surface area contributed by atoms with Crippen LogP contribution in [0.4, 0.5) is 5.69 Å². The Morgan fingerprint density at radius 1 is 0.914 bits per heavy atom. The molecule has 0 spiro atoms. The molecule has 35 heavy (non-hydrogen) atoms. The lowest BCUT2D eigenvalue weighted by molar-refractivity contribution is 0.0474. The fraction of sp³-hybridized carbons (Fsp3) is 0.286. The van der Waals surface area contributed by atoms with Crippen LogP contribution in [0.2, 0.25) is 0 Å². The van der Waals surface area contributed by atoms with Gasteiger partial charge in [0.25, 0.3) is 11.8 Å². The molecule has 0 saturated heterocycles. The van der Waals surface area contributed by atoms with Crippen molar-refractivity contribution in [3.63, 3.8) is 0 Å². The zero-order chi connectivity index (χ0) is 25.0. The van der Waals surface area contributed by atoms with Gasteiger partial charge in [-0.15, -0.1) is 0 Å². The van der Waals surface area contributed by atoms with Gasteiger partial charge in [-0.3, -0.25) is 14.4 Å². The number of hydrogen-bond donors (Lipinski definition) is 0. The van der Waals surface area contributed by atoms with E-state index >= 15 is 0 Å². The molecule has 1 saturated carbocycles. The summed E-state index contributed by atoms with van der Waals surface area (Å²) >= 11 is 0. The quantitative estimate of drug-likeness (QED) is 0.291. The molecule has 0 radical (unpaired) electrons. The van der Waals surface area contributed by atoms with E-state index in [-0.39, 0.29) is 22.5 Å². The average Bonchev–Trinajstić information content (AvgIpc) is 3.57. The molecule has 5 rings (SSSR count). The summed E-state index contributed by atoms with van der Waals surface area (Å²) < 4.78 is 7.45. The normalized spacial score (nSPS) is 14.9. The predicted molar refractivity (Wildman–Crippen MR) is 130 cm³/mol. The van der Waals surface area contributed by atoms with Crippen molar-refractivity contribution in [2.45, 2.75) is 46.6 Å². The van der Waals surface area contributed by atoms with E-state index in [1.165, 1.54) is 18.2 Å². The molecule has 1 aliphatic carbocycles. The van der Waals surface area contributed by atoms with Crippen LogP contribution in [-0.2, 0) is 4.74 Å². The second-order valence-corrected chi connectivity index (χ2v) is 9.38. The minimum Gasteiger partial charge on any atom is -0.454 e. The first-order valence-corrected chi connectivity index (χ1v) is 11.7. The van der Waals surface area contributed by atoms with Gasteiger partial charge >= 0.3 is 5.97 Å². The van der Waals surface area contributed by atoms with Crippen LogP contribution in [0, 0.1) is 27.7 Å². The number of rotatable bonds is 6. The van der Waals surface area contributed by atoms with E-state index in [1.54, 1.807) is 6.07 Å². The standard InChI is InChI=1S/C28H26N2O5/c1-15-5-6-16(2)24(11-15)30-26(32)21-10-7-19(13-23(21)27(30)33)28(34)35-14-25(31)22-12-17(3)29(18(22)4)20-8-9-20/h5-7,10-13,20H,8-9,14H2,1-4H3. The number of amides is 2. The molecule has 7 nitrogen and oxygen atoms in total. The number of aryl methyl sites for hydroxylation is 3. The Kier molecular flexibility index (Phi) is 5.43. The van der Waals surface area contributed by atoms with Gasteiger partial charge in [-0.25, -0.2) is 9.69 Å². The van der Waals surface area contributed by atoms with Crippen LogP contribution in [-0.4, -0.2) is 34.7 Å². The van der Waals surface area contributed by atoms with E-state index < -0.39 is 24.4 Å². The lowest BCUT2D eigenvalue weighted by Crippen LogP contribution is -2.30. The molecule has 0 unspecified atom stereocenters. The maximum atomic E-state index is 13.1. The highest BCUT2D eigenvalue weighted by Crippen LogP contribution is 2.38. The second kappa shape index (κ2) is 8.34. The number of fused-ring (bicyclic) bond motifs is 1. The largest absolute Gasteiger partial charge is 0.454 e. The van der Waals surface area contributed by atoms with Gasteiger partial charge in [0.15, 0.2) is 6.61 Å². The molecule has 178 valence electrons. The van der Waals surface area contributed by atoms with Crippen molar-refractivity contribution < 1.29 is 23.9 Å². The lowest BCUT2D eigenvalue weighted by atomic mass is 10.1. The Morgan fingerprint density at radius 2 is 1.63 bits per heavy atom. The van der Waals surface area contributed by atoms with Crippen molar-refractivity contribution in [1.82, 2.24) is 4.57 Å². The van der Waals surface area contributed by atoms with Gasteiger partial charge in [0, 0.05) is 23.0 Å². The number of aromatic nitrogens is 1. The highest BCUT2D eigenvalue weighted by atomic mass is 16.5. The van der Waals surface area contributed by atoms with Crippen molar-refractivity contribution in [1.29, 1.82) is 0 Å². The van der Waals surface area contributed by atoms with Crippen molar-refractivity contribution >= 4 is 29.3 Å². The summed E-state index contributed by atoms with van der Waals surface area (Å²) in [6.45, 7) is 7.20. The van der Waals surface area contributed by atoms with Crippen LogP contribution in [0.15, 0.2) is 42.5 Å². The van der Waals surface area contributed by atoms with E-state index in [9.17, 15) is 19.2 Å². The second-order valence-electron chi connectivity index (χ2n) is 9.38. The number of nitrogens with zero attached hydrogens (tertiary/aromatic N) is 2. The van der Waals surface area contributed by atoms with Gasteiger partial charge in [0.2, 0.25) is 5.78 Å². The van der Waals surface area contributed by atoms with Gasteiger partial charge in [-0.05, 0) is 82.0 Å². The first-order chi connectivity index (χ1) is 16.7. The fourth-order valence-corrected chi connectivity index (χ4v) is 4.79. The molecule has 3 aromatic rings. The molecule has 2 heterocycles. The molecule has 2 amide bonds. The third kappa shape index (κ3) is 3.87. The van der Waals surface area contributed by atoms with E-state index in [2.05, 4.69) is 4.57 Å². The van der Waals surface area contributed by atoms with Gasteiger partial charge in [-0.1, -0.05) is 12.1 Å². The number of hydrogen-bond acceptors (Lipinski definition) is 5. The number of ketones is 1. The van der Waals surface area contributed by atoms with Crippen molar-refractivity contribution in [2.24, 2.45) is 0 Å². The number of carbonyl (C=O) groups excluding carboxylic acids is 4. The van der Waals surface area contributed by atoms with Gasteiger partial charge in [0.05, 0.1) is 22.4 Å².